The predicted octanol–water partition coefficient (Wildman–Crippen LogP) is 3.49. The summed E-state index contributed by atoms with van der Waals surface area (Å²) in [6, 6.07) is 1.59. The van der Waals surface area contributed by atoms with Crippen molar-refractivity contribution in [3.63, 3.8) is 0 Å². The number of halogens is 1. The molecule has 0 spiro atoms. The fourth-order valence-electron chi connectivity index (χ4n) is 3.91. The van der Waals surface area contributed by atoms with Crippen LogP contribution in [0.3, 0.4) is 0 Å². The zero-order valence-electron chi connectivity index (χ0n) is 18.3. The van der Waals surface area contributed by atoms with E-state index in [0.29, 0.717) is 22.2 Å². The van der Waals surface area contributed by atoms with E-state index in [1.165, 1.54) is 6.33 Å². The second-order valence-electron chi connectivity index (χ2n) is 7.64. The molecule has 0 radical (unpaired) electrons. The number of nitrogens with zero attached hydrogens (tertiary/aromatic N) is 5. The van der Waals surface area contributed by atoms with Crippen molar-refractivity contribution in [1.82, 2.24) is 24.6 Å². The molecule has 30 heavy (non-hydrogen) atoms. The maximum Gasteiger partial charge on any atom is 0.229 e. The predicted molar refractivity (Wildman–Crippen MR) is 118 cm³/mol. The fraction of sp³-hybridized carbons (Fsp3) is 0.429. The summed E-state index contributed by atoms with van der Waals surface area (Å²) in [5.41, 5.74) is 9.81. The number of methoxy groups -OCH3 is 1. The summed E-state index contributed by atoms with van der Waals surface area (Å²) in [5.74, 6) is 0.554. The number of nitrogens with two attached hydrogens (primary N) is 1. The topological polar surface area (TPSA) is 99.2 Å². The van der Waals surface area contributed by atoms with E-state index in [9.17, 15) is 4.79 Å². The molecule has 0 saturated heterocycles. The van der Waals surface area contributed by atoms with Gasteiger partial charge in [0.2, 0.25) is 5.91 Å². The summed E-state index contributed by atoms with van der Waals surface area (Å²) in [6.45, 7) is 7.61. The van der Waals surface area contributed by atoms with E-state index in [-0.39, 0.29) is 11.9 Å². The lowest BCUT2D eigenvalue weighted by molar-refractivity contribution is -0.129. The van der Waals surface area contributed by atoms with Crippen molar-refractivity contribution in [1.29, 1.82) is 0 Å². The van der Waals surface area contributed by atoms with Gasteiger partial charge >= 0.3 is 0 Å². The minimum atomic E-state index is -0.423. The van der Waals surface area contributed by atoms with E-state index < -0.39 is 5.92 Å². The maximum atomic E-state index is 12.7. The van der Waals surface area contributed by atoms with Crippen LogP contribution in [-0.2, 0) is 4.79 Å². The number of aromatic nitrogens is 4. The van der Waals surface area contributed by atoms with Gasteiger partial charge < -0.3 is 15.4 Å². The number of carbonyl (C=O) groups excluding carboxylic acids is 1. The van der Waals surface area contributed by atoms with Gasteiger partial charge in [-0.25, -0.2) is 14.6 Å². The molecule has 0 aliphatic carbocycles. The van der Waals surface area contributed by atoms with Crippen molar-refractivity contribution in [3.05, 3.63) is 39.8 Å². The normalized spacial score (nSPS) is 13.3. The summed E-state index contributed by atoms with van der Waals surface area (Å²) in [6.07, 6.45) is 1.42. The molecule has 8 nitrogen and oxygen atoms in total. The Morgan fingerprint density at radius 3 is 2.53 bits per heavy atom. The lowest BCUT2D eigenvalue weighted by Crippen LogP contribution is -2.27. The first-order valence-electron chi connectivity index (χ1n) is 9.63. The molecule has 1 aromatic carbocycles. The molecule has 0 bridgehead atoms. The van der Waals surface area contributed by atoms with Gasteiger partial charge in [-0.3, -0.25) is 4.79 Å². The molecule has 160 valence electrons. The molecular weight excluding hydrogens is 404 g/mol. The number of hydrogen-bond acceptors (Lipinski definition) is 6. The molecule has 0 aliphatic heterocycles. The minimum absolute atomic E-state index is 0.0295. The van der Waals surface area contributed by atoms with E-state index in [1.54, 1.807) is 30.8 Å². The minimum Gasteiger partial charge on any atom is -0.496 e. The Hall–Kier alpha value is -2.87. The Labute approximate surface area is 181 Å². The first-order valence-corrected chi connectivity index (χ1v) is 10.0. The molecular formula is C21H27ClN6O2. The first kappa shape index (κ1) is 21.8. The molecule has 3 rings (SSSR count). The number of rotatable bonds is 5. The van der Waals surface area contributed by atoms with Crippen LogP contribution in [0.1, 0.15) is 48.2 Å². The monoisotopic (exact) mass is 430 g/mol. The number of nitrogen functional groups attached to an aromatic ring is 1. The van der Waals surface area contributed by atoms with Crippen molar-refractivity contribution in [2.45, 2.75) is 39.7 Å². The Morgan fingerprint density at radius 2 is 1.93 bits per heavy atom. The average molecular weight is 431 g/mol. The third-order valence-electron chi connectivity index (χ3n) is 5.51. The van der Waals surface area contributed by atoms with E-state index in [4.69, 9.17) is 22.1 Å². The Kier molecular flexibility index (Phi) is 5.90. The molecule has 2 heterocycles. The van der Waals surface area contributed by atoms with Crippen LogP contribution in [0.5, 0.6) is 5.75 Å². The van der Waals surface area contributed by atoms with Gasteiger partial charge in [-0.1, -0.05) is 11.6 Å². The van der Waals surface area contributed by atoms with Crippen LogP contribution in [-0.4, -0.2) is 51.8 Å². The van der Waals surface area contributed by atoms with Crippen molar-refractivity contribution >= 4 is 34.4 Å². The Balaban J connectivity index is 2.24. The van der Waals surface area contributed by atoms with Gasteiger partial charge in [-0.2, -0.15) is 5.10 Å². The number of hydrogen-bond donors (Lipinski definition) is 1. The van der Waals surface area contributed by atoms with Gasteiger partial charge in [-0.15, -0.1) is 0 Å². The van der Waals surface area contributed by atoms with Crippen LogP contribution in [0, 0.1) is 13.8 Å². The Morgan fingerprint density at radius 1 is 1.27 bits per heavy atom. The molecule has 0 fully saturated rings. The molecule has 0 saturated carbocycles. The Bertz CT molecular complexity index is 1120. The zero-order chi connectivity index (χ0) is 22.3. The molecule has 2 unspecified atom stereocenters. The highest BCUT2D eigenvalue weighted by atomic mass is 35.5. The van der Waals surface area contributed by atoms with Crippen LogP contribution in [0.25, 0.3) is 11.0 Å². The molecule has 0 aliphatic rings. The average Bonchev–Trinajstić information content (AvgIpc) is 3.05. The highest BCUT2D eigenvalue weighted by Gasteiger charge is 2.29. The lowest BCUT2D eigenvalue weighted by atomic mass is 9.90. The molecule has 3 aromatic rings. The third-order valence-corrected chi connectivity index (χ3v) is 5.90. The van der Waals surface area contributed by atoms with Gasteiger partial charge in [0.25, 0.3) is 0 Å². The second kappa shape index (κ2) is 8.10. The number of ether oxygens (including phenoxy) is 1. The van der Waals surface area contributed by atoms with Crippen molar-refractivity contribution in [3.8, 4) is 5.75 Å². The molecule has 2 atom stereocenters. The second-order valence-corrected chi connectivity index (χ2v) is 8.04. The van der Waals surface area contributed by atoms with E-state index in [1.807, 2.05) is 33.8 Å². The number of fused-ring (bicyclic) bond motifs is 1. The highest BCUT2D eigenvalue weighted by molar-refractivity contribution is 6.31. The highest BCUT2D eigenvalue weighted by Crippen LogP contribution is 2.42. The maximum absolute atomic E-state index is 12.7. The first-order chi connectivity index (χ1) is 14.1. The van der Waals surface area contributed by atoms with Gasteiger partial charge in [0.15, 0.2) is 5.65 Å². The third kappa shape index (κ3) is 3.45. The lowest BCUT2D eigenvalue weighted by Gasteiger charge is -2.26. The smallest absolute Gasteiger partial charge is 0.229 e. The summed E-state index contributed by atoms with van der Waals surface area (Å²) < 4.78 is 7.61. The summed E-state index contributed by atoms with van der Waals surface area (Å²) in [4.78, 5) is 22.7. The van der Waals surface area contributed by atoms with E-state index >= 15 is 0 Å². The number of amides is 1. The number of anilines is 1. The van der Waals surface area contributed by atoms with E-state index in [2.05, 4.69) is 15.1 Å². The summed E-state index contributed by atoms with van der Waals surface area (Å²) in [7, 11) is 5.07. The molecule has 1 amide bonds. The fourth-order valence-corrected chi connectivity index (χ4v) is 4.13. The SMILES string of the molecule is COc1c(C(C)n2nc(C)c3c(N)ncnc32)cc(Cl)c(C)c1C(C)C(=O)N(C)C. The van der Waals surface area contributed by atoms with Crippen LogP contribution < -0.4 is 10.5 Å². The molecule has 2 aromatic heterocycles. The van der Waals surface area contributed by atoms with Crippen LogP contribution in [0.2, 0.25) is 5.02 Å². The van der Waals surface area contributed by atoms with Crippen molar-refractivity contribution in [2.24, 2.45) is 0 Å². The number of likely N-dealkylation sites (N-methyl/N-ethyl adjacent to an activating group) is 1. The molecule has 2 N–H and O–H groups in total. The van der Waals surface area contributed by atoms with E-state index in [0.717, 1.165) is 27.8 Å². The number of carbonyl (C=O) groups is 1. The molecule has 9 heteroatoms. The standard InChI is InChI=1S/C21H27ClN6O2/c1-10-15(22)8-14(18(30-7)16(10)11(2)21(29)27(5)6)13(4)28-20-17(12(3)26-28)19(23)24-9-25-20/h8-9,11,13H,1-7H3,(H2,23,24,25). The van der Waals surface area contributed by atoms with Crippen molar-refractivity contribution < 1.29 is 9.53 Å². The quantitative estimate of drug-likeness (QED) is 0.665. The number of benzene rings is 1. The van der Waals surface area contributed by atoms with Crippen LogP contribution >= 0.6 is 11.6 Å². The zero-order valence-corrected chi connectivity index (χ0v) is 19.1. The van der Waals surface area contributed by atoms with Crippen LogP contribution in [0.4, 0.5) is 5.82 Å². The van der Waals surface area contributed by atoms with Crippen LogP contribution in [0.15, 0.2) is 12.4 Å². The number of aryl methyl sites for hydroxylation is 1. The van der Waals surface area contributed by atoms with Crippen molar-refractivity contribution in [2.75, 3.05) is 26.9 Å². The van der Waals surface area contributed by atoms with Gasteiger partial charge in [0.1, 0.15) is 17.9 Å². The van der Waals surface area contributed by atoms with Gasteiger partial charge in [-0.05, 0) is 39.3 Å². The van der Waals surface area contributed by atoms with Gasteiger partial charge in [0.05, 0.1) is 30.1 Å². The van der Waals surface area contributed by atoms with Gasteiger partial charge in [0, 0.05) is 30.2 Å². The summed E-state index contributed by atoms with van der Waals surface area (Å²) >= 11 is 6.60. The largest absolute Gasteiger partial charge is 0.496 e. The summed E-state index contributed by atoms with van der Waals surface area (Å²) in [5, 5.41) is 5.94.